The molecule has 1 aliphatic heterocycles. The molecular formula is C21H24Cl2N2O2. The standard InChI is InChI=1S/C21H24Cl2N2O2/c22-19-8-7-16(14-20(19)23)3-2-6-21(26)24-18-5-1-4-17(13-18)15-25-9-11-27-12-10-25/h1,4-5,7-8,13-14H,2-3,6,9-12,15H2,(H,24,26). The molecule has 0 unspecified atom stereocenters. The van der Waals surface area contributed by atoms with E-state index in [1.165, 1.54) is 5.56 Å². The summed E-state index contributed by atoms with van der Waals surface area (Å²) in [4.78, 5) is 14.6. The number of hydrogen-bond donors (Lipinski definition) is 1. The minimum Gasteiger partial charge on any atom is -0.379 e. The fraction of sp³-hybridized carbons (Fsp3) is 0.381. The Hall–Kier alpha value is -1.59. The van der Waals surface area contributed by atoms with E-state index in [4.69, 9.17) is 27.9 Å². The summed E-state index contributed by atoms with van der Waals surface area (Å²) in [5.41, 5.74) is 3.13. The zero-order valence-corrected chi connectivity index (χ0v) is 16.7. The lowest BCUT2D eigenvalue weighted by molar-refractivity contribution is -0.116. The summed E-state index contributed by atoms with van der Waals surface area (Å²) in [6.45, 7) is 4.35. The van der Waals surface area contributed by atoms with Gasteiger partial charge in [0.1, 0.15) is 0 Å². The molecule has 27 heavy (non-hydrogen) atoms. The molecule has 0 bridgehead atoms. The highest BCUT2D eigenvalue weighted by atomic mass is 35.5. The van der Waals surface area contributed by atoms with Crippen molar-refractivity contribution >= 4 is 34.8 Å². The van der Waals surface area contributed by atoms with Crippen LogP contribution in [0, 0.1) is 0 Å². The van der Waals surface area contributed by atoms with Gasteiger partial charge in [-0.15, -0.1) is 0 Å². The van der Waals surface area contributed by atoms with Gasteiger partial charge in [-0.25, -0.2) is 0 Å². The lowest BCUT2D eigenvalue weighted by Crippen LogP contribution is -2.35. The van der Waals surface area contributed by atoms with Gasteiger partial charge in [0.15, 0.2) is 0 Å². The Morgan fingerprint density at radius 1 is 1.04 bits per heavy atom. The van der Waals surface area contributed by atoms with E-state index in [9.17, 15) is 4.79 Å². The van der Waals surface area contributed by atoms with Crippen molar-refractivity contribution in [3.63, 3.8) is 0 Å². The number of rotatable bonds is 7. The highest BCUT2D eigenvalue weighted by molar-refractivity contribution is 6.42. The van der Waals surface area contributed by atoms with Gasteiger partial charge < -0.3 is 10.1 Å². The van der Waals surface area contributed by atoms with Gasteiger partial charge >= 0.3 is 0 Å². The zero-order valence-electron chi connectivity index (χ0n) is 15.2. The van der Waals surface area contributed by atoms with Crippen LogP contribution in [-0.2, 0) is 22.5 Å². The average Bonchev–Trinajstić information content (AvgIpc) is 2.66. The first-order chi connectivity index (χ1) is 13.1. The number of aryl methyl sites for hydroxylation is 1. The van der Waals surface area contributed by atoms with Crippen LogP contribution in [0.1, 0.15) is 24.0 Å². The number of anilines is 1. The molecule has 4 nitrogen and oxygen atoms in total. The minimum absolute atomic E-state index is 0.0265. The second kappa shape index (κ2) is 10.1. The molecule has 6 heteroatoms. The first kappa shape index (κ1) is 20.2. The van der Waals surface area contributed by atoms with E-state index in [0.717, 1.165) is 56.9 Å². The summed E-state index contributed by atoms with van der Waals surface area (Å²) in [7, 11) is 0. The second-order valence-corrected chi connectivity index (χ2v) is 7.55. The zero-order chi connectivity index (χ0) is 19.1. The third-order valence-corrected chi connectivity index (χ3v) is 5.31. The molecule has 1 saturated heterocycles. The number of nitrogens with zero attached hydrogens (tertiary/aromatic N) is 1. The first-order valence-corrected chi connectivity index (χ1v) is 9.98. The molecule has 1 fully saturated rings. The van der Waals surface area contributed by atoms with Crippen LogP contribution in [0.5, 0.6) is 0 Å². The van der Waals surface area contributed by atoms with Crippen molar-refractivity contribution in [1.82, 2.24) is 4.90 Å². The van der Waals surface area contributed by atoms with Crippen LogP contribution < -0.4 is 5.32 Å². The molecule has 0 spiro atoms. The van der Waals surface area contributed by atoms with Crippen molar-refractivity contribution < 1.29 is 9.53 Å². The van der Waals surface area contributed by atoms with Crippen molar-refractivity contribution in [1.29, 1.82) is 0 Å². The van der Waals surface area contributed by atoms with Gasteiger partial charge in [0.25, 0.3) is 0 Å². The van der Waals surface area contributed by atoms with Crippen molar-refractivity contribution in [2.24, 2.45) is 0 Å². The summed E-state index contributed by atoms with van der Waals surface area (Å²) < 4.78 is 5.38. The van der Waals surface area contributed by atoms with E-state index in [1.807, 2.05) is 30.3 Å². The van der Waals surface area contributed by atoms with Crippen molar-refractivity contribution in [2.75, 3.05) is 31.6 Å². The molecule has 2 aromatic carbocycles. The summed E-state index contributed by atoms with van der Waals surface area (Å²) in [5, 5.41) is 4.10. The number of morpholine rings is 1. The summed E-state index contributed by atoms with van der Waals surface area (Å²) >= 11 is 12.0. The second-order valence-electron chi connectivity index (χ2n) is 6.74. The number of hydrogen-bond acceptors (Lipinski definition) is 3. The quantitative estimate of drug-likeness (QED) is 0.718. The van der Waals surface area contributed by atoms with E-state index in [0.29, 0.717) is 16.5 Å². The normalized spacial score (nSPS) is 14.9. The molecule has 1 N–H and O–H groups in total. The van der Waals surface area contributed by atoms with Crippen LogP contribution in [0.2, 0.25) is 10.0 Å². The minimum atomic E-state index is 0.0265. The molecule has 1 heterocycles. The molecule has 0 radical (unpaired) electrons. The molecule has 144 valence electrons. The van der Waals surface area contributed by atoms with Crippen molar-refractivity contribution in [3.8, 4) is 0 Å². The molecule has 1 aliphatic rings. The van der Waals surface area contributed by atoms with Gasteiger partial charge in [0.05, 0.1) is 23.3 Å². The number of benzene rings is 2. The molecule has 0 aliphatic carbocycles. The molecule has 1 amide bonds. The largest absolute Gasteiger partial charge is 0.379 e. The number of amides is 1. The lowest BCUT2D eigenvalue weighted by Gasteiger charge is -2.26. The summed E-state index contributed by atoms with van der Waals surface area (Å²) in [5.74, 6) is 0.0265. The number of carbonyl (C=O) groups is 1. The summed E-state index contributed by atoms with van der Waals surface area (Å²) in [6, 6.07) is 13.7. The van der Waals surface area contributed by atoms with Gasteiger partial charge in [0, 0.05) is 31.7 Å². The smallest absolute Gasteiger partial charge is 0.224 e. The van der Waals surface area contributed by atoms with Gasteiger partial charge in [-0.3, -0.25) is 9.69 Å². The van der Waals surface area contributed by atoms with Crippen LogP contribution in [0.15, 0.2) is 42.5 Å². The first-order valence-electron chi connectivity index (χ1n) is 9.23. The molecule has 0 aromatic heterocycles. The molecule has 3 rings (SSSR count). The van der Waals surface area contributed by atoms with Crippen LogP contribution in [-0.4, -0.2) is 37.1 Å². The van der Waals surface area contributed by atoms with Gasteiger partial charge in [-0.05, 0) is 48.2 Å². The highest BCUT2D eigenvalue weighted by Gasteiger charge is 2.11. The Balaban J connectivity index is 1.45. The van der Waals surface area contributed by atoms with Gasteiger partial charge in [0.2, 0.25) is 5.91 Å². The third-order valence-electron chi connectivity index (χ3n) is 4.57. The maximum absolute atomic E-state index is 12.2. The third kappa shape index (κ3) is 6.51. The maximum Gasteiger partial charge on any atom is 0.224 e. The van der Waals surface area contributed by atoms with Crippen molar-refractivity contribution in [3.05, 3.63) is 63.6 Å². The van der Waals surface area contributed by atoms with Gasteiger partial charge in [-0.1, -0.05) is 41.4 Å². The Kier molecular flexibility index (Phi) is 7.53. The van der Waals surface area contributed by atoms with E-state index in [1.54, 1.807) is 6.07 Å². The SMILES string of the molecule is O=C(CCCc1ccc(Cl)c(Cl)c1)Nc1cccc(CN2CCOCC2)c1. The monoisotopic (exact) mass is 406 g/mol. The fourth-order valence-corrected chi connectivity index (χ4v) is 3.46. The predicted molar refractivity (Wildman–Crippen MR) is 111 cm³/mol. The van der Waals surface area contributed by atoms with Crippen LogP contribution in [0.3, 0.4) is 0 Å². The predicted octanol–water partition coefficient (Wildman–Crippen LogP) is 4.79. The number of halogens is 2. The molecular weight excluding hydrogens is 383 g/mol. The van der Waals surface area contributed by atoms with Crippen LogP contribution >= 0.6 is 23.2 Å². The molecule has 0 atom stereocenters. The average molecular weight is 407 g/mol. The topological polar surface area (TPSA) is 41.6 Å². The molecule has 0 saturated carbocycles. The van der Waals surface area contributed by atoms with Gasteiger partial charge in [-0.2, -0.15) is 0 Å². The van der Waals surface area contributed by atoms with Crippen LogP contribution in [0.4, 0.5) is 5.69 Å². The van der Waals surface area contributed by atoms with Crippen molar-refractivity contribution in [2.45, 2.75) is 25.8 Å². The molecule has 2 aromatic rings. The lowest BCUT2D eigenvalue weighted by atomic mass is 10.1. The maximum atomic E-state index is 12.2. The highest BCUT2D eigenvalue weighted by Crippen LogP contribution is 2.23. The van der Waals surface area contributed by atoms with Crippen LogP contribution in [0.25, 0.3) is 0 Å². The number of ether oxygens (including phenoxy) is 1. The Labute approximate surface area is 170 Å². The Morgan fingerprint density at radius 3 is 2.63 bits per heavy atom. The Morgan fingerprint density at radius 2 is 1.85 bits per heavy atom. The van der Waals surface area contributed by atoms with E-state index >= 15 is 0 Å². The van der Waals surface area contributed by atoms with E-state index in [2.05, 4.69) is 16.3 Å². The summed E-state index contributed by atoms with van der Waals surface area (Å²) in [6.07, 6.45) is 2.02. The number of carbonyl (C=O) groups excluding carboxylic acids is 1. The Bertz CT molecular complexity index is 777. The van der Waals surface area contributed by atoms with E-state index in [-0.39, 0.29) is 5.91 Å². The van der Waals surface area contributed by atoms with E-state index < -0.39 is 0 Å². The number of nitrogens with one attached hydrogen (secondary N) is 1. The fourth-order valence-electron chi connectivity index (χ4n) is 3.14.